The van der Waals surface area contributed by atoms with Crippen molar-refractivity contribution in [3.8, 4) is 0 Å². The standard InChI is InChI=1S/C9H18N2OS/c1-3-11(2)9(12)6-8-7-13-5-4-10-8/h8,10H,3-7H2,1-2H3. The fourth-order valence-corrected chi connectivity index (χ4v) is 2.24. The molecule has 1 fully saturated rings. The van der Waals surface area contributed by atoms with Crippen LogP contribution in [0.25, 0.3) is 0 Å². The average Bonchev–Trinajstić information content (AvgIpc) is 2.18. The zero-order valence-electron chi connectivity index (χ0n) is 8.38. The van der Waals surface area contributed by atoms with Crippen LogP contribution in [0.1, 0.15) is 13.3 Å². The summed E-state index contributed by atoms with van der Waals surface area (Å²) in [6, 6.07) is 0.389. The van der Waals surface area contributed by atoms with Crippen molar-refractivity contribution in [3.05, 3.63) is 0 Å². The first kappa shape index (κ1) is 10.9. The van der Waals surface area contributed by atoms with Crippen LogP contribution in [0.2, 0.25) is 0 Å². The Bertz CT molecular complexity index is 169. The zero-order chi connectivity index (χ0) is 9.68. The SMILES string of the molecule is CCN(C)C(=O)CC1CSCCN1. The Morgan fingerprint density at radius 2 is 2.46 bits per heavy atom. The van der Waals surface area contributed by atoms with Crippen LogP contribution in [-0.2, 0) is 4.79 Å². The van der Waals surface area contributed by atoms with Gasteiger partial charge in [0.15, 0.2) is 0 Å². The molecular formula is C9H18N2OS. The Hall–Kier alpha value is -0.220. The van der Waals surface area contributed by atoms with E-state index in [4.69, 9.17) is 0 Å². The number of carbonyl (C=O) groups is 1. The van der Waals surface area contributed by atoms with Crippen molar-refractivity contribution in [3.63, 3.8) is 0 Å². The molecule has 0 aromatic heterocycles. The summed E-state index contributed by atoms with van der Waals surface area (Å²) < 4.78 is 0. The molecular weight excluding hydrogens is 184 g/mol. The van der Waals surface area contributed by atoms with Crippen LogP contribution >= 0.6 is 11.8 Å². The molecule has 0 aromatic rings. The van der Waals surface area contributed by atoms with E-state index in [-0.39, 0.29) is 5.91 Å². The van der Waals surface area contributed by atoms with Crippen LogP contribution in [0.3, 0.4) is 0 Å². The molecule has 0 aliphatic carbocycles. The van der Waals surface area contributed by atoms with Gasteiger partial charge in [0.1, 0.15) is 0 Å². The summed E-state index contributed by atoms with van der Waals surface area (Å²) in [6.07, 6.45) is 0.650. The van der Waals surface area contributed by atoms with Crippen molar-refractivity contribution in [1.82, 2.24) is 10.2 Å². The maximum atomic E-state index is 11.5. The van der Waals surface area contributed by atoms with Crippen molar-refractivity contribution >= 4 is 17.7 Å². The van der Waals surface area contributed by atoms with Crippen LogP contribution in [0, 0.1) is 0 Å². The number of rotatable bonds is 3. The summed E-state index contributed by atoms with van der Waals surface area (Å²) in [5.41, 5.74) is 0. The molecule has 76 valence electrons. The molecule has 0 saturated carbocycles. The van der Waals surface area contributed by atoms with E-state index < -0.39 is 0 Å². The predicted molar refractivity (Wildman–Crippen MR) is 57.0 cm³/mol. The van der Waals surface area contributed by atoms with Gasteiger partial charge in [-0.15, -0.1) is 0 Å². The van der Waals surface area contributed by atoms with Gasteiger partial charge in [0.05, 0.1) is 0 Å². The summed E-state index contributed by atoms with van der Waals surface area (Å²) in [5, 5.41) is 3.36. The Labute approximate surface area is 84.2 Å². The maximum absolute atomic E-state index is 11.5. The van der Waals surface area contributed by atoms with E-state index in [1.165, 1.54) is 5.75 Å². The van der Waals surface area contributed by atoms with Crippen LogP contribution in [0.5, 0.6) is 0 Å². The molecule has 1 heterocycles. The van der Waals surface area contributed by atoms with E-state index in [0.29, 0.717) is 12.5 Å². The van der Waals surface area contributed by atoms with Gasteiger partial charge in [0.2, 0.25) is 5.91 Å². The van der Waals surface area contributed by atoms with Crippen molar-refractivity contribution in [2.75, 3.05) is 31.6 Å². The van der Waals surface area contributed by atoms with Crippen molar-refractivity contribution in [2.24, 2.45) is 0 Å². The summed E-state index contributed by atoms with van der Waals surface area (Å²) in [4.78, 5) is 13.3. The highest BCUT2D eigenvalue weighted by Crippen LogP contribution is 2.10. The molecule has 1 N–H and O–H groups in total. The third-order valence-electron chi connectivity index (χ3n) is 2.32. The van der Waals surface area contributed by atoms with E-state index in [1.807, 2.05) is 25.7 Å². The number of nitrogens with zero attached hydrogens (tertiary/aromatic N) is 1. The van der Waals surface area contributed by atoms with Gasteiger partial charge >= 0.3 is 0 Å². The van der Waals surface area contributed by atoms with Crippen LogP contribution in [0.15, 0.2) is 0 Å². The molecule has 1 aliphatic rings. The lowest BCUT2D eigenvalue weighted by atomic mass is 10.2. The van der Waals surface area contributed by atoms with Gasteiger partial charge in [0, 0.05) is 44.1 Å². The molecule has 4 heteroatoms. The molecule has 1 unspecified atom stereocenters. The summed E-state index contributed by atoms with van der Waals surface area (Å²) >= 11 is 1.93. The number of carbonyl (C=O) groups excluding carboxylic acids is 1. The second-order valence-electron chi connectivity index (χ2n) is 3.34. The zero-order valence-corrected chi connectivity index (χ0v) is 9.19. The minimum Gasteiger partial charge on any atom is -0.346 e. The number of hydrogen-bond acceptors (Lipinski definition) is 3. The molecule has 1 amide bonds. The number of thioether (sulfide) groups is 1. The largest absolute Gasteiger partial charge is 0.346 e. The second kappa shape index (κ2) is 5.50. The summed E-state index contributed by atoms with van der Waals surface area (Å²) in [6.45, 7) is 3.85. The molecule has 0 aromatic carbocycles. The lowest BCUT2D eigenvalue weighted by molar-refractivity contribution is -0.130. The monoisotopic (exact) mass is 202 g/mol. The van der Waals surface area contributed by atoms with E-state index >= 15 is 0 Å². The maximum Gasteiger partial charge on any atom is 0.223 e. The number of hydrogen-bond donors (Lipinski definition) is 1. The van der Waals surface area contributed by atoms with Crippen molar-refractivity contribution < 1.29 is 4.79 Å². The van der Waals surface area contributed by atoms with Gasteiger partial charge < -0.3 is 10.2 Å². The number of amides is 1. The van der Waals surface area contributed by atoms with Crippen LogP contribution in [-0.4, -0.2) is 48.5 Å². The van der Waals surface area contributed by atoms with E-state index in [9.17, 15) is 4.79 Å². The lowest BCUT2D eigenvalue weighted by Crippen LogP contribution is -2.41. The number of nitrogens with one attached hydrogen (secondary N) is 1. The smallest absolute Gasteiger partial charge is 0.223 e. The predicted octanol–water partition coefficient (Wildman–Crippen LogP) is 0.560. The Morgan fingerprint density at radius 3 is 3.00 bits per heavy atom. The Morgan fingerprint density at radius 1 is 1.69 bits per heavy atom. The molecule has 1 saturated heterocycles. The molecule has 0 radical (unpaired) electrons. The first-order valence-electron chi connectivity index (χ1n) is 4.79. The molecule has 1 rings (SSSR count). The fourth-order valence-electron chi connectivity index (χ4n) is 1.29. The molecule has 1 atom stereocenters. The minimum atomic E-state index is 0.252. The molecule has 1 aliphatic heterocycles. The van der Waals surface area contributed by atoms with Crippen LogP contribution < -0.4 is 5.32 Å². The van der Waals surface area contributed by atoms with Gasteiger partial charge in [0.25, 0.3) is 0 Å². The normalized spacial score (nSPS) is 22.8. The Balaban J connectivity index is 2.26. The Kier molecular flexibility index (Phi) is 4.59. The average molecular weight is 202 g/mol. The van der Waals surface area contributed by atoms with Crippen molar-refractivity contribution in [1.29, 1.82) is 0 Å². The summed E-state index contributed by atoms with van der Waals surface area (Å²) in [5.74, 6) is 2.50. The van der Waals surface area contributed by atoms with Gasteiger partial charge in [-0.25, -0.2) is 0 Å². The quantitative estimate of drug-likeness (QED) is 0.726. The second-order valence-corrected chi connectivity index (χ2v) is 4.49. The highest BCUT2D eigenvalue weighted by atomic mass is 32.2. The fraction of sp³-hybridized carbons (Fsp3) is 0.889. The first-order valence-corrected chi connectivity index (χ1v) is 5.94. The van der Waals surface area contributed by atoms with Gasteiger partial charge in [-0.1, -0.05) is 0 Å². The minimum absolute atomic E-state index is 0.252. The van der Waals surface area contributed by atoms with Gasteiger partial charge in [-0.05, 0) is 6.92 Å². The van der Waals surface area contributed by atoms with Gasteiger partial charge in [-0.3, -0.25) is 4.79 Å². The third kappa shape index (κ3) is 3.56. The molecule has 0 spiro atoms. The highest BCUT2D eigenvalue weighted by Gasteiger charge is 2.17. The van der Waals surface area contributed by atoms with E-state index in [1.54, 1.807) is 4.90 Å². The topological polar surface area (TPSA) is 32.3 Å². The van der Waals surface area contributed by atoms with E-state index in [0.717, 1.165) is 18.8 Å². The highest BCUT2D eigenvalue weighted by molar-refractivity contribution is 7.99. The van der Waals surface area contributed by atoms with Gasteiger partial charge in [-0.2, -0.15) is 11.8 Å². The van der Waals surface area contributed by atoms with Crippen molar-refractivity contribution in [2.45, 2.75) is 19.4 Å². The summed E-state index contributed by atoms with van der Waals surface area (Å²) in [7, 11) is 1.86. The molecule has 3 nitrogen and oxygen atoms in total. The van der Waals surface area contributed by atoms with Crippen LogP contribution in [0.4, 0.5) is 0 Å². The first-order chi connectivity index (χ1) is 6.24. The third-order valence-corrected chi connectivity index (χ3v) is 3.45. The molecule has 13 heavy (non-hydrogen) atoms. The van der Waals surface area contributed by atoms with E-state index in [2.05, 4.69) is 5.32 Å². The molecule has 0 bridgehead atoms. The lowest BCUT2D eigenvalue weighted by Gasteiger charge is -2.24.